The van der Waals surface area contributed by atoms with Crippen molar-refractivity contribution in [1.82, 2.24) is 4.98 Å². The zero-order chi connectivity index (χ0) is 15.3. The summed E-state index contributed by atoms with van der Waals surface area (Å²) in [5.74, 6) is 0. The standard InChI is InChI=1S/C19H14FNS/c1-11-7-12(2)9-13(8-11)18-19-15(10-17(20)22-19)14-5-3-4-6-16(14)21-18/h3-10H,1-2H3. The van der Waals surface area contributed by atoms with E-state index in [0.717, 1.165) is 32.2 Å². The van der Waals surface area contributed by atoms with Crippen molar-refractivity contribution in [3.63, 3.8) is 0 Å². The first kappa shape index (κ1) is 13.4. The molecule has 0 atom stereocenters. The fourth-order valence-corrected chi connectivity index (χ4v) is 3.92. The molecule has 0 aliphatic rings. The molecule has 2 aromatic heterocycles. The predicted octanol–water partition coefficient (Wildman–Crippen LogP) is 5.87. The zero-order valence-electron chi connectivity index (χ0n) is 12.4. The van der Waals surface area contributed by atoms with Crippen molar-refractivity contribution in [2.24, 2.45) is 0 Å². The smallest absolute Gasteiger partial charge is 0.177 e. The zero-order valence-corrected chi connectivity index (χ0v) is 13.2. The van der Waals surface area contributed by atoms with Gasteiger partial charge in [0.25, 0.3) is 0 Å². The first-order valence-corrected chi connectivity index (χ1v) is 8.00. The van der Waals surface area contributed by atoms with Gasteiger partial charge in [0.15, 0.2) is 5.13 Å². The molecule has 22 heavy (non-hydrogen) atoms. The lowest BCUT2D eigenvalue weighted by molar-refractivity contribution is 0.658. The molecule has 0 unspecified atom stereocenters. The molecular formula is C19H14FNS. The molecule has 0 N–H and O–H groups in total. The summed E-state index contributed by atoms with van der Waals surface area (Å²) in [4.78, 5) is 4.81. The fourth-order valence-electron chi connectivity index (χ4n) is 3.01. The number of para-hydroxylation sites is 1. The number of hydrogen-bond donors (Lipinski definition) is 0. The highest BCUT2D eigenvalue weighted by atomic mass is 32.1. The molecule has 0 aliphatic carbocycles. The van der Waals surface area contributed by atoms with Gasteiger partial charge in [-0.05, 0) is 38.1 Å². The van der Waals surface area contributed by atoms with Gasteiger partial charge in [-0.25, -0.2) is 4.98 Å². The Bertz CT molecular complexity index is 996. The first-order chi connectivity index (χ1) is 10.6. The number of halogens is 1. The summed E-state index contributed by atoms with van der Waals surface area (Å²) < 4.78 is 14.8. The average Bonchev–Trinajstić information content (AvgIpc) is 2.87. The third-order valence-corrected chi connectivity index (χ3v) is 4.77. The lowest BCUT2D eigenvalue weighted by Crippen LogP contribution is -1.88. The van der Waals surface area contributed by atoms with Gasteiger partial charge in [0.1, 0.15) is 0 Å². The van der Waals surface area contributed by atoms with Gasteiger partial charge in [-0.2, -0.15) is 4.39 Å². The van der Waals surface area contributed by atoms with Gasteiger partial charge in [0.05, 0.1) is 15.9 Å². The van der Waals surface area contributed by atoms with Crippen molar-refractivity contribution in [3.05, 3.63) is 64.8 Å². The second-order valence-corrected chi connectivity index (χ2v) is 6.65. The summed E-state index contributed by atoms with van der Waals surface area (Å²) >= 11 is 1.17. The summed E-state index contributed by atoms with van der Waals surface area (Å²) in [6, 6.07) is 15.9. The van der Waals surface area contributed by atoms with Crippen LogP contribution >= 0.6 is 11.3 Å². The highest BCUT2D eigenvalue weighted by Crippen LogP contribution is 2.37. The quantitative estimate of drug-likeness (QED) is 0.428. The minimum atomic E-state index is -0.168. The van der Waals surface area contributed by atoms with Crippen LogP contribution in [0.2, 0.25) is 0 Å². The van der Waals surface area contributed by atoms with Crippen LogP contribution in [0.3, 0.4) is 0 Å². The Hall–Kier alpha value is -2.26. The molecule has 0 bridgehead atoms. The molecule has 0 radical (unpaired) electrons. The minimum absolute atomic E-state index is 0.168. The topological polar surface area (TPSA) is 12.9 Å². The van der Waals surface area contributed by atoms with E-state index in [2.05, 4.69) is 32.0 Å². The van der Waals surface area contributed by atoms with Gasteiger partial charge in [-0.3, -0.25) is 0 Å². The van der Waals surface area contributed by atoms with Crippen LogP contribution in [-0.2, 0) is 0 Å². The predicted molar refractivity (Wildman–Crippen MR) is 92.0 cm³/mol. The molecule has 0 amide bonds. The van der Waals surface area contributed by atoms with Crippen LogP contribution in [-0.4, -0.2) is 4.98 Å². The summed E-state index contributed by atoms with van der Waals surface area (Å²) in [6.45, 7) is 4.15. The Morgan fingerprint density at radius 3 is 2.41 bits per heavy atom. The molecule has 2 aromatic carbocycles. The molecule has 0 fully saturated rings. The van der Waals surface area contributed by atoms with Gasteiger partial charge in [-0.1, -0.05) is 35.4 Å². The number of nitrogens with zero attached hydrogens (tertiary/aromatic N) is 1. The van der Waals surface area contributed by atoms with Gasteiger partial charge in [0, 0.05) is 16.3 Å². The van der Waals surface area contributed by atoms with E-state index in [1.807, 2.05) is 24.3 Å². The van der Waals surface area contributed by atoms with Gasteiger partial charge >= 0.3 is 0 Å². The number of thiophene rings is 1. The molecule has 2 heterocycles. The van der Waals surface area contributed by atoms with Crippen LogP contribution in [0.5, 0.6) is 0 Å². The molecular weight excluding hydrogens is 293 g/mol. The maximum absolute atomic E-state index is 13.9. The molecule has 108 valence electrons. The summed E-state index contributed by atoms with van der Waals surface area (Å²) in [6.07, 6.45) is 0. The average molecular weight is 307 g/mol. The lowest BCUT2D eigenvalue weighted by Gasteiger charge is -2.08. The SMILES string of the molecule is Cc1cc(C)cc(-c2nc3ccccc3c3cc(F)sc23)c1. The number of rotatable bonds is 1. The largest absolute Gasteiger partial charge is 0.246 e. The normalized spacial score (nSPS) is 11.4. The van der Waals surface area contributed by atoms with Gasteiger partial charge in [0.2, 0.25) is 0 Å². The molecule has 0 saturated heterocycles. The molecule has 0 saturated carbocycles. The number of fused-ring (bicyclic) bond motifs is 3. The highest BCUT2D eigenvalue weighted by Gasteiger charge is 2.14. The summed E-state index contributed by atoms with van der Waals surface area (Å²) in [7, 11) is 0. The Morgan fingerprint density at radius 1 is 0.909 bits per heavy atom. The van der Waals surface area contributed by atoms with E-state index in [1.54, 1.807) is 6.07 Å². The Labute approximate surface area is 132 Å². The van der Waals surface area contributed by atoms with Gasteiger partial charge in [-0.15, -0.1) is 11.3 Å². The number of pyridine rings is 1. The lowest BCUT2D eigenvalue weighted by atomic mass is 10.0. The van der Waals surface area contributed by atoms with Crippen molar-refractivity contribution >= 4 is 32.3 Å². The van der Waals surface area contributed by atoms with E-state index in [9.17, 15) is 4.39 Å². The maximum atomic E-state index is 13.9. The van der Waals surface area contributed by atoms with Gasteiger partial charge < -0.3 is 0 Å². The Kier molecular flexibility index (Phi) is 2.98. The van der Waals surface area contributed by atoms with Crippen LogP contribution < -0.4 is 0 Å². The number of aryl methyl sites for hydroxylation is 2. The van der Waals surface area contributed by atoms with E-state index >= 15 is 0 Å². The first-order valence-electron chi connectivity index (χ1n) is 7.18. The third-order valence-electron chi connectivity index (χ3n) is 3.84. The fraction of sp³-hybridized carbons (Fsp3) is 0.105. The van der Waals surface area contributed by atoms with Crippen LogP contribution in [0.1, 0.15) is 11.1 Å². The van der Waals surface area contributed by atoms with Crippen LogP contribution in [0.15, 0.2) is 48.5 Å². The summed E-state index contributed by atoms with van der Waals surface area (Å²) in [5.41, 5.74) is 5.21. The van der Waals surface area contributed by atoms with E-state index in [4.69, 9.17) is 4.98 Å². The number of benzene rings is 2. The van der Waals surface area contributed by atoms with E-state index in [-0.39, 0.29) is 5.13 Å². The Balaban J connectivity index is 2.15. The van der Waals surface area contributed by atoms with Crippen LogP contribution in [0, 0.1) is 19.0 Å². The highest BCUT2D eigenvalue weighted by molar-refractivity contribution is 7.18. The molecule has 3 heteroatoms. The second kappa shape index (κ2) is 4.89. The minimum Gasteiger partial charge on any atom is -0.246 e. The maximum Gasteiger partial charge on any atom is 0.177 e. The number of hydrogen-bond acceptors (Lipinski definition) is 2. The van der Waals surface area contributed by atoms with E-state index in [0.29, 0.717) is 0 Å². The van der Waals surface area contributed by atoms with Crippen molar-refractivity contribution < 1.29 is 4.39 Å². The van der Waals surface area contributed by atoms with Crippen molar-refractivity contribution in [2.45, 2.75) is 13.8 Å². The van der Waals surface area contributed by atoms with Crippen molar-refractivity contribution in [2.75, 3.05) is 0 Å². The second-order valence-electron chi connectivity index (χ2n) is 5.65. The van der Waals surface area contributed by atoms with Crippen molar-refractivity contribution in [3.8, 4) is 11.3 Å². The van der Waals surface area contributed by atoms with E-state index < -0.39 is 0 Å². The molecule has 1 nitrogen and oxygen atoms in total. The van der Waals surface area contributed by atoms with Crippen LogP contribution in [0.4, 0.5) is 4.39 Å². The van der Waals surface area contributed by atoms with Crippen LogP contribution in [0.25, 0.3) is 32.2 Å². The third kappa shape index (κ3) is 2.09. The number of aromatic nitrogens is 1. The molecule has 0 spiro atoms. The van der Waals surface area contributed by atoms with Crippen molar-refractivity contribution in [1.29, 1.82) is 0 Å². The molecule has 4 aromatic rings. The molecule has 0 aliphatic heterocycles. The summed E-state index contributed by atoms with van der Waals surface area (Å²) in [5, 5.41) is 1.78. The monoisotopic (exact) mass is 307 g/mol. The Morgan fingerprint density at radius 2 is 1.64 bits per heavy atom. The van der Waals surface area contributed by atoms with E-state index in [1.165, 1.54) is 22.5 Å². The molecule has 4 rings (SSSR count).